The molecule has 1 aromatic carbocycles. The first-order chi connectivity index (χ1) is 14.7. The highest BCUT2D eigenvalue weighted by Gasteiger charge is 2.17. The molecule has 0 saturated carbocycles. The Balaban J connectivity index is 1.82. The van der Waals surface area contributed by atoms with Gasteiger partial charge in [0.25, 0.3) is 11.8 Å². The fraction of sp³-hybridized carbons (Fsp3) is 0.208. The van der Waals surface area contributed by atoms with Gasteiger partial charge in [0.05, 0.1) is 5.56 Å². The van der Waals surface area contributed by atoms with Crippen molar-refractivity contribution >= 4 is 17.9 Å². The monoisotopic (exact) mass is 416 g/mol. The molecule has 0 spiro atoms. The quantitative estimate of drug-likeness (QED) is 0.382. The predicted octanol–water partition coefficient (Wildman–Crippen LogP) is 3.98. The van der Waals surface area contributed by atoms with Crippen LogP contribution in [0.3, 0.4) is 0 Å². The molecule has 3 aromatic rings. The van der Waals surface area contributed by atoms with E-state index >= 15 is 0 Å². The second-order valence-corrected chi connectivity index (χ2v) is 7.35. The number of furan rings is 1. The number of carbonyl (C=O) groups is 2. The van der Waals surface area contributed by atoms with Crippen LogP contribution in [0.25, 0.3) is 11.8 Å². The van der Waals surface area contributed by atoms with Crippen molar-refractivity contribution in [3.8, 4) is 11.8 Å². The first-order valence-electron chi connectivity index (χ1n) is 9.77. The summed E-state index contributed by atoms with van der Waals surface area (Å²) in [6.45, 7) is 9.33. The lowest BCUT2D eigenvalue weighted by Gasteiger charge is -2.12. The fourth-order valence-electron chi connectivity index (χ4n) is 3.53. The van der Waals surface area contributed by atoms with Gasteiger partial charge in [0.2, 0.25) is 0 Å². The normalized spacial score (nSPS) is 11.2. The lowest BCUT2D eigenvalue weighted by atomic mass is 10.1. The van der Waals surface area contributed by atoms with Gasteiger partial charge in [-0.05, 0) is 70.0 Å². The van der Waals surface area contributed by atoms with Crippen molar-refractivity contribution in [2.45, 2.75) is 34.6 Å². The summed E-state index contributed by atoms with van der Waals surface area (Å²) in [6, 6.07) is 13.4. The lowest BCUT2D eigenvalue weighted by Crippen LogP contribution is -2.42. The molecule has 2 amide bonds. The van der Waals surface area contributed by atoms with Crippen molar-refractivity contribution in [2.75, 3.05) is 0 Å². The van der Waals surface area contributed by atoms with Crippen LogP contribution in [0, 0.1) is 45.9 Å². The number of benzene rings is 1. The molecule has 0 radical (unpaired) electrons. The molecule has 0 aliphatic heterocycles. The van der Waals surface area contributed by atoms with Crippen LogP contribution in [0.4, 0.5) is 0 Å². The molecule has 7 nitrogen and oxygen atoms in total. The summed E-state index contributed by atoms with van der Waals surface area (Å²) in [5, 5.41) is 9.50. The molecule has 2 aromatic heterocycles. The van der Waals surface area contributed by atoms with E-state index in [4.69, 9.17) is 4.42 Å². The number of rotatable bonds is 4. The number of hydrogen-bond acceptors (Lipinski definition) is 4. The van der Waals surface area contributed by atoms with Crippen LogP contribution in [0.15, 0.2) is 46.4 Å². The maximum absolute atomic E-state index is 12.5. The van der Waals surface area contributed by atoms with Crippen LogP contribution in [-0.2, 0) is 4.79 Å². The van der Waals surface area contributed by atoms with Crippen molar-refractivity contribution in [1.82, 2.24) is 15.4 Å². The third-order valence-electron chi connectivity index (χ3n) is 5.07. The van der Waals surface area contributed by atoms with Gasteiger partial charge in [0.15, 0.2) is 0 Å². The number of nitrogens with zero attached hydrogens (tertiary/aromatic N) is 2. The number of hydrazine groups is 1. The van der Waals surface area contributed by atoms with Gasteiger partial charge in [-0.3, -0.25) is 20.4 Å². The van der Waals surface area contributed by atoms with Gasteiger partial charge in [-0.2, -0.15) is 5.26 Å². The van der Waals surface area contributed by atoms with Crippen LogP contribution in [0.2, 0.25) is 0 Å². The molecule has 0 saturated heterocycles. The molecule has 0 aliphatic rings. The standard InChI is InChI=1S/C24H24N4O3/c1-14-8-6-7-9-22(14)28-15(2)10-19(17(28)4)12-20(13-25)23(29)26-27-24(30)21-11-16(3)31-18(21)5/h6-12H,1-5H3,(H,26,29)(H,27,30)/b20-12-. The Morgan fingerprint density at radius 1 is 1.06 bits per heavy atom. The molecular formula is C24H24N4O3. The number of aromatic nitrogens is 1. The molecule has 2 heterocycles. The largest absolute Gasteiger partial charge is 0.466 e. The van der Waals surface area contributed by atoms with Crippen molar-refractivity contribution in [1.29, 1.82) is 5.26 Å². The van der Waals surface area contributed by atoms with E-state index in [9.17, 15) is 14.9 Å². The number of aryl methyl sites for hydroxylation is 4. The first kappa shape index (κ1) is 21.7. The van der Waals surface area contributed by atoms with Gasteiger partial charge in [-0.25, -0.2) is 0 Å². The molecule has 31 heavy (non-hydrogen) atoms. The molecule has 0 aliphatic carbocycles. The minimum atomic E-state index is -0.700. The van der Waals surface area contributed by atoms with Gasteiger partial charge >= 0.3 is 0 Å². The maximum atomic E-state index is 12.5. The molecule has 0 bridgehead atoms. The zero-order chi connectivity index (χ0) is 22.7. The van der Waals surface area contributed by atoms with Gasteiger partial charge in [0.1, 0.15) is 23.2 Å². The molecule has 0 unspecified atom stereocenters. The Labute approximate surface area is 181 Å². The van der Waals surface area contributed by atoms with Crippen molar-refractivity contribution in [2.24, 2.45) is 0 Å². The minimum Gasteiger partial charge on any atom is -0.466 e. The van der Waals surface area contributed by atoms with Gasteiger partial charge in [0, 0.05) is 17.1 Å². The Morgan fingerprint density at radius 2 is 1.77 bits per heavy atom. The van der Waals surface area contributed by atoms with Crippen molar-refractivity contribution < 1.29 is 14.0 Å². The number of hydrogen-bond donors (Lipinski definition) is 2. The Bertz CT molecular complexity index is 1240. The average molecular weight is 416 g/mol. The molecule has 7 heteroatoms. The number of para-hydroxylation sites is 1. The van der Waals surface area contributed by atoms with E-state index in [0.29, 0.717) is 17.1 Å². The zero-order valence-corrected chi connectivity index (χ0v) is 18.2. The molecule has 0 fully saturated rings. The van der Waals surface area contributed by atoms with E-state index in [1.807, 2.05) is 57.2 Å². The second-order valence-electron chi connectivity index (χ2n) is 7.35. The third kappa shape index (κ3) is 4.43. The summed E-state index contributed by atoms with van der Waals surface area (Å²) in [7, 11) is 0. The Morgan fingerprint density at radius 3 is 2.39 bits per heavy atom. The van der Waals surface area contributed by atoms with Gasteiger partial charge < -0.3 is 8.98 Å². The van der Waals surface area contributed by atoms with E-state index < -0.39 is 11.8 Å². The molecule has 2 N–H and O–H groups in total. The summed E-state index contributed by atoms with van der Waals surface area (Å²) >= 11 is 0. The van der Waals surface area contributed by atoms with Crippen LogP contribution in [0.5, 0.6) is 0 Å². The SMILES string of the molecule is Cc1cc(C(=O)NNC(=O)/C(C#N)=C\c2cc(C)n(-c3ccccc3C)c2C)c(C)o1. The highest BCUT2D eigenvalue weighted by molar-refractivity contribution is 6.04. The van der Waals surface area contributed by atoms with Crippen LogP contribution < -0.4 is 10.9 Å². The molecular weight excluding hydrogens is 392 g/mol. The summed E-state index contributed by atoms with van der Waals surface area (Å²) in [4.78, 5) is 24.7. The number of nitrogens with one attached hydrogen (secondary N) is 2. The fourth-order valence-corrected chi connectivity index (χ4v) is 3.53. The summed E-state index contributed by atoms with van der Waals surface area (Å²) in [5.41, 5.74) is 9.61. The zero-order valence-electron chi connectivity index (χ0n) is 18.2. The second kappa shape index (κ2) is 8.76. The predicted molar refractivity (Wildman–Crippen MR) is 117 cm³/mol. The van der Waals surface area contributed by atoms with E-state index in [1.54, 1.807) is 19.9 Å². The summed E-state index contributed by atoms with van der Waals surface area (Å²) in [6.07, 6.45) is 1.52. The molecule has 158 valence electrons. The average Bonchev–Trinajstić information content (AvgIpc) is 3.21. The summed E-state index contributed by atoms with van der Waals surface area (Å²) < 4.78 is 7.41. The highest BCUT2D eigenvalue weighted by Crippen LogP contribution is 2.24. The first-order valence-corrected chi connectivity index (χ1v) is 9.77. The maximum Gasteiger partial charge on any atom is 0.280 e. The Kier molecular flexibility index (Phi) is 6.12. The van der Waals surface area contributed by atoms with Crippen LogP contribution >= 0.6 is 0 Å². The number of carbonyl (C=O) groups excluding carboxylic acids is 2. The number of nitriles is 1. The van der Waals surface area contributed by atoms with E-state index in [2.05, 4.69) is 15.4 Å². The van der Waals surface area contributed by atoms with E-state index in [-0.39, 0.29) is 5.57 Å². The van der Waals surface area contributed by atoms with Gasteiger partial charge in [-0.1, -0.05) is 18.2 Å². The molecule has 3 rings (SSSR count). The topological polar surface area (TPSA) is 100 Å². The minimum absolute atomic E-state index is 0.120. The lowest BCUT2D eigenvalue weighted by molar-refractivity contribution is -0.117. The van der Waals surface area contributed by atoms with Crippen molar-refractivity contribution in [3.63, 3.8) is 0 Å². The van der Waals surface area contributed by atoms with Crippen LogP contribution in [0.1, 0.15) is 44.4 Å². The van der Waals surface area contributed by atoms with Crippen molar-refractivity contribution in [3.05, 3.63) is 81.6 Å². The molecule has 0 atom stereocenters. The van der Waals surface area contributed by atoms with Crippen LogP contribution in [-0.4, -0.2) is 16.4 Å². The third-order valence-corrected chi connectivity index (χ3v) is 5.07. The van der Waals surface area contributed by atoms with E-state index in [0.717, 1.165) is 28.2 Å². The number of amides is 2. The summed E-state index contributed by atoms with van der Waals surface area (Å²) in [5.74, 6) is -0.174. The smallest absolute Gasteiger partial charge is 0.280 e. The highest BCUT2D eigenvalue weighted by atomic mass is 16.3. The van der Waals surface area contributed by atoms with Gasteiger partial charge in [-0.15, -0.1) is 0 Å². The Hall–Kier alpha value is -4.05. The van der Waals surface area contributed by atoms with E-state index in [1.165, 1.54) is 6.08 Å².